The van der Waals surface area contributed by atoms with E-state index in [2.05, 4.69) is 36.1 Å². The molecule has 0 saturated carbocycles. The Morgan fingerprint density at radius 3 is 2.58 bits per heavy atom. The monoisotopic (exact) mass is 335 g/mol. The molecule has 4 nitrogen and oxygen atoms in total. The van der Waals surface area contributed by atoms with Gasteiger partial charge in [0.15, 0.2) is 0 Å². The summed E-state index contributed by atoms with van der Waals surface area (Å²) in [6.07, 6.45) is 2.04. The average molecular weight is 335 g/mol. The van der Waals surface area contributed by atoms with Crippen molar-refractivity contribution in [3.05, 3.63) is 35.4 Å². The molecule has 0 bridgehead atoms. The van der Waals surface area contributed by atoms with Gasteiger partial charge in [0.05, 0.1) is 24.4 Å². The Morgan fingerprint density at radius 2 is 2.00 bits per heavy atom. The molecule has 0 aromatic heterocycles. The van der Waals surface area contributed by atoms with Crippen LogP contribution < -0.4 is 0 Å². The first-order valence-electron chi connectivity index (χ1n) is 9.03. The SMILES string of the molecule is Cc1ccc(CN(C[C@H](O)COC(C)(C)C)C[C@H]2CCCO2)cc1. The van der Waals surface area contributed by atoms with Crippen molar-refractivity contribution in [3.8, 4) is 0 Å². The third-order valence-corrected chi connectivity index (χ3v) is 4.19. The fourth-order valence-electron chi connectivity index (χ4n) is 2.93. The molecule has 1 fully saturated rings. The lowest BCUT2D eigenvalue weighted by Gasteiger charge is -2.29. The van der Waals surface area contributed by atoms with Crippen molar-refractivity contribution in [3.63, 3.8) is 0 Å². The first kappa shape index (κ1) is 19.4. The molecular weight excluding hydrogens is 302 g/mol. The molecular formula is C20H33NO3. The predicted octanol–water partition coefficient (Wildman–Crippen LogP) is 3.15. The highest BCUT2D eigenvalue weighted by Gasteiger charge is 2.22. The second kappa shape index (κ2) is 8.95. The van der Waals surface area contributed by atoms with E-state index < -0.39 is 6.10 Å². The highest BCUT2D eigenvalue weighted by Crippen LogP contribution is 2.16. The summed E-state index contributed by atoms with van der Waals surface area (Å²) in [5.74, 6) is 0. The summed E-state index contributed by atoms with van der Waals surface area (Å²) in [6.45, 7) is 11.6. The number of aliphatic hydroxyl groups is 1. The Hall–Kier alpha value is -0.940. The molecule has 1 aromatic carbocycles. The number of ether oxygens (including phenoxy) is 2. The number of hydrogen-bond acceptors (Lipinski definition) is 4. The third-order valence-electron chi connectivity index (χ3n) is 4.19. The van der Waals surface area contributed by atoms with Crippen molar-refractivity contribution in [1.29, 1.82) is 0 Å². The van der Waals surface area contributed by atoms with Crippen LogP contribution in [0.3, 0.4) is 0 Å². The van der Waals surface area contributed by atoms with Gasteiger partial charge >= 0.3 is 0 Å². The van der Waals surface area contributed by atoms with E-state index >= 15 is 0 Å². The maximum Gasteiger partial charge on any atom is 0.0900 e. The van der Waals surface area contributed by atoms with Gasteiger partial charge in [-0.3, -0.25) is 4.90 Å². The van der Waals surface area contributed by atoms with Crippen LogP contribution in [0.25, 0.3) is 0 Å². The lowest BCUT2D eigenvalue weighted by molar-refractivity contribution is -0.0594. The van der Waals surface area contributed by atoms with E-state index in [1.165, 1.54) is 11.1 Å². The molecule has 4 heteroatoms. The van der Waals surface area contributed by atoms with Crippen LogP contribution >= 0.6 is 0 Å². The van der Waals surface area contributed by atoms with Gasteiger partial charge in [0, 0.05) is 26.2 Å². The van der Waals surface area contributed by atoms with E-state index in [-0.39, 0.29) is 11.7 Å². The summed E-state index contributed by atoms with van der Waals surface area (Å²) < 4.78 is 11.5. The minimum absolute atomic E-state index is 0.225. The van der Waals surface area contributed by atoms with Gasteiger partial charge < -0.3 is 14.6 Å². The van der Waals surface area contributed by atoms with Gasteiger partial charge in [-0.1, -0.05) is 29.8 Å². The minimum atomic E-state index is -0.490. The summed E-state index contributed by atoms with van der Waals surface area (Å²) in [6, 6.07) is 8.60. The number of aryl methyl sites for hydroxylation is 1. The van der Waals surface area contributed by atoms with E-state index in [4.69, 9.17) is 9.47 Å². The van der Waals surface area contributed by atoms with Crippen LogP contribution in [0.4, 0.5) is 0 Å². The zero-order valence-electron chi connectivity index (χ0n) is 15.6. The normalized spacial score (nSPS) is 19.8. The first-order valence-corrected chi connectivity index (χ1v) is 9.03. The van der Waals surface area contributed by atoms with Gasteiger partial charge in [-0.15, -0.1) is 0 Å². The Balaban J connectivity index is 1.92. The molecule has 1 aromatic rings. The Kier molecular flexibility index (Phi) is 7.23. The van der Waals surface area contributed by atoms with Gasteiger partial charge in [0.2, 0.25) is 0 Å². The van der Waals surface area contributed by atoms with Crippen LogP contribution in [0.15, 0.2) is 24.3 Å². The summed E-state index contributed by atoms with van der Waals surface area (Å²) in [5.41, 5.74) is 2.31. The molecule has 24 heavy (non-hydrogen) atoms. The number of benzene rings is 1. The summed E-state index contributed by atoms with van der Waals surface area (Å²) in [5, 5.41) is 10.4. The maximum absolute atomic E-state index is 10.4. The number of hydrogen-bond donors (Lipinski definition) is 1. The molecule has 1 N–H and O–H groups in total. The van der Waals surface area contributed by atoms with Crippen molar-refractivity contribution in [2.75, 3.05) is 26.3 Å². The zero-order chi connectivity index (χ0) is 17.6. The lowest BCUT2D eigenvalue weighted by Crippen LogP contribution is -2.40. The van der Waals surface area contributed by atoms with Gasteiger partial charge in [0.1, 0.15) is 0 Å². The summed E-state index contributed by atoms with van der Waals surface area (Å²) in [4.78, 5) is 2.29. The number of nitrogens with zero attached hydrogens (tertiary/aromatic N) is 1. The summed E-state index contributed by atoms with van der Waals surface area (Å²) in [7, 11) is 0. The Morgan fingerprint density at radius 1 is 1.29 bits per heavy atom. The van der Waals surface area contributed by atoms with E-state index in [1.807, 2.05) is 20.8 Å². The number of aliphatic hydroxyl groups excluding tert-OH is 1. The topological polar surface area (TPSA) is 41.9 Å². The fourth-order valence-corrected chi connectivity index (χ4v) is 2.93. The quantitative estimate of drug-likeness (QED) is 0.792. The van der Waals surface area contributed by atoms with Gasteiger partial charge in [-0.25, -0.2) is 0 Å². The zero-order valence-corrected chi connectivity index (χ0v) is 15.6. The predicted molar refractivity (Wildman–Crippen MR) is 97.1 cm³/mol. The van der Waals surface area contributed by atoms with E-state index in [9.17, 15) is 5.11 Å². The van der Waals surface area contributed by atoms with Crippen LogP contribution in [0.2, 0.25) is 0 Å². The molecule has 1 aliphatic rings. The fraction of sp³-hybridized carbons (Fsp3) is 0.700. The minimum Gasteiger partial charge on any atom is -0.389 e. The molecule has 1 heterocycles. The third kappa shape index (κ3) is 7.31. The molecule has 136 valence electrons. The van der Waals surface area contributed by atoms with Gasteiger partial charge in [-0.2, -0.15) is 0 Å². The van der Waals surface area contributed by atoms with Crippen LogP contribution in [0.5, 0.6) is 0 Å². The van der Waals surface area contributed by atoms with Crippen LogP contribution in [0.1, 0.15) is 44.7 Å². The largest absolute Gasteiger partial charge is 0.389 e. The smallest absolute Gasteiger partial charge is 0.0900 e. The van der Waals surface area contributed by atoms with Gasteiger partial charge in [-0.05, 0) is 46.1 Å². The molecule has 1 saturated heterocycles. The number of rotatable bonds is 8. The molecule has 0 aliphatic carbocycles. The van der Waals surface area contributed by atoms with Crippen LogP contribution in [-0.4, -0.2) is 54.1 Å². The van der Waals surface area contributed by atoms with E-state index in [0.29, 0.717) is 13.2 Å². The van der Waals surface area contributed by atoms with Crippen molar-refractivity contribution in [1.82, 2.24) is 4.90 Å². The second-order valence-electron chi connectivity index (χ2n) is 7.89. The van der Waals surface area contributed by atoms with Crippen LogP contribution in [-0.2, 0) is 16.0 Å². The first-order chi connectivity index (χ1) is 11.3. The maximum atomic E-state index is 10.4. The van der Waals surface area contributed by atoms with Crippen molar-refractivity contribution in [2.24, 2.45) is 0 Å². The lowest BCUT2D eigenvalue weighted by atomic mass is 10.1. The average Bonchev–Trinajstić information content (AvgIpc) is 3.00. The standard InChI is InChI=1S/C20H33NO3/c1-16-7-9-17(10-8-16)12-21(14-19-6-5-11-23-19)13-18(22)15-24-20(2,3)4/h7-10,18-19,22H,5-6,11-15H2,1-4H3/t18-,19+/m0/s1. The van der Waals surface area contributed by atoms with Crippen molar-refractivity contribution in [2.45, 2.75) is 64.9 Å². The van der Waals surface area contributed by atoms with E-state index in [0.717, 1.165) is 32.5 Å². The molecule has 0 amide bonds. The van der Waals surface area contributed by atoms with Crippen molar-refractivity contribution >= 4 is 0 Å². The molecule has 2 atom stereocenters. The highest BCUT2D eigenvalue weighted by molar-refractivity contribution is 5.21. The second-order valence-corrected chi connectivity index (χ2v) is 7.89. The highest BCUT2D eigenvalue weighted by atomic mass is 16.5. The molecule has 0 spiro atoms. The Bertz CT molecular complexity index is 475. The molecule has 2 rings (SSSR count). The van der Waals surface area contributed by atoms with Gasteiger partial charge in [0.25, 0.3) is 0 Å². The molecule has 1 aliphatic heterocycles. The van der Waals surface area contributed by atoms with E-state index in [1.54, 1.807) is 0 Å². The molecule has 0 radical (unpaired) electrons. The summed E-state index contributed by atoms with van der Waals surface area (Å²) >= 11 is 0. The Labute approximate surface area is 146 Å². The van der Waals surface area contributed by atoms with Crippen molar-refractivity contribution < 1.29 is 14.6 Å². The van der Waals surface area contributed by atoms with Crippen LogP contribution in [0, 0.1) is 6.92 Å². The molecule has 0 unspecified atom stereocenters.